The Bertz CT molecular complexity index is 818. The van der Waals surface area contributed by atoms with Crippen LogP contribution in [0.4, 0.5) is 17.1 Å². The van der Waals surface area contributed by atoms with Gasteiger partial charge in [-0.3, -0.25) is 29.7 Å². The van der Waals surface area contributed by atoms with E-state index in [4.69, 9.17) is 4.74 Å². The quantitative estimate of drug-likeness (QED) is 0.596. The molecule has 2 aromatic rings. The van der Waals surface area contributed by atoms with Crippen molar-refractivity contribution in [1.29, 1.82) is 0 Å². The van der Waals surface area contributed by atoms with Gasteiger partial charge in [0.1, 0.15) is 29.9 Å². The standard InChI is InChI=1S/C14H15N5O6/c1-3-25-11-4-5-12(13(6-11)19(23)24)16-14(20)9(2)17-8-10(7-15-17)18(21)22/h4-9H,3H2,1-2H3,(H,16,20). The Labute approximate surface area is 141 Å². The molecule has 1 unspecified atom stereocenters. The molecule has 25 heavy (non-hydrogen) atoms. The molecular formula is C14H15N5O6. The van der Waals surface area contributed by atoms with Crippen LogP contribution in [0.2, 0.25) is 0 Å². The van der Waals surface area contributed by atoms with E-state index < -0.39 is 21.8 Å². The molecule has 0 saturated carbocycles. The van der Waals surface area contributed by atoms with Gasteiger partial charge in [-0.15, -0.1) is 0 Å². The zero-order valence-electron chi connectivity index (χ0n) is 13.4. The first-order valence-corrected chi connectivity index (χ1v) is 7.24. The number of nitro groups is 2. The van der Waals surface area contributed by atoms with Crippen LogP contribution >= 0.6 is 0 Å². The highest BCUT2D eigenvalue weighted by Crippen LogP contribution is 2.29. The summed E-state index contributed by atoms with van der Waals surface area (Å²) in [7, 11) is 0. The van der Waals surface area contributed by atoms with Gasteiger partial charge in [0.15, 0.2) is 0 Å². The van der Waals surface area contributed by atoms with Crippen molar-refractivity contribution >= 4 is 23.0 Å². The zero-order valence-corrected chi connectivity index (χ0v) is 13.4. The summed E-state index contributed by atoms with van der Waals surface area (Å²) in [6.07, 6.45) is 2.12. The number of rotatable bonds is 7. The number of aromatic nitrogens is 2. The molecule has 2 rings (SSSR count). The summed E-state index contributed by atoms with van der Waals surface area (Å²) in [5.41, 5.74) is -0.586. The van der Waals surface area contributed by atoms with Crippen LogP contribution in [0.15, 0.2) is 30.6 Å². The van der Waals surface area contributed by atoms with Gasteiger partial charge >= 0.3 is 5.69 Å². The largest absolute Gasteiger partial charge is 0.494 e. The van der Waals surface area contributed by atoms with Crippen molar-refractivity contribution in [3.63, 3.8) is 0 Å². The topological polar surface area (TPSA) is 142 Å². The van der Waals surface area contributed by atoms with Gasteiger partial charge in [-0.25, -0.2) is 0 Å². The Morgan fingerprint density at radius 3 is 2.64 bits per heavy atom. The summed E-state index contributed by atoms with van der Waals surface area (Å²) in [5.74, 6) is -0.298. The van der Waals surface area contributed by atoms with Crippen LogP contribution in [0.25, 0.3) is 0 Å². The zero-order chi connectivity index (χ0) is 18.6. The number of amides is 1. The number of carbonyl (C=O) groups is 1. The molecule has 0 aliphatic carbocycles. The summed E-state index contributed by atoms with van der Waals surface area (Å²) in [6, 6.07) is 3.16. The molecule has 0 fully saturated rings. The average Bonchev–Trinajstić information content (AvgIpc) is 3.05. The number of nitrogens with zero attached hydrogens (tertiary/aromatic N) is 4. The molecule has 1 aromatic carbocycles. The second-order valence-electron chi connectivity index (χ2n) is 4.97. The Kier molecular flexibility index (Phi) is 5.27. The molecule has 11 nitrogen and oxygen atoms in total. The van der Waals surface area contributed by atoms with Gasteiger partial charge in [0, 0.05) is 0 Å². The summed E-state index contributed by atoms with van der Waals surface area (Å²) >= 11 is 0. The van der Waals surface area contributed by atoms with Crippen molar-refractivity contribution in [1.82, 2.24) is 9.78 Å². The van der Waals surface area contributed by atoms with Crippen LogP contribution in [0.1, 0.15) is 19.9 Å². The van der Waals surface area contributed by atoms with Crippen LogP contribution < -0.4 is 10.1 Å². The second-order valence-corrected chi connectivity index (χ2v) is 4.97. The summed E-state index contributed by atoms with van der Waals surface area (Å²) in [5, 5.41) is 28.0. The summed E-state index contributed by atoms with van der Waals surface area (Å²) < 4.78 is 6.31. The third kappa shape index (κ3) is 4.07. The number of carbonyl (C=O) groups excluding carboxylic acids is 1. The van der Waals surface area contributed by atoms with Gasteiger partial charge < -0.3 is 10.1 Å². The lowest BCUT2D eigenvalue weighted by Gasteiger charge is -2.13. The van der Waals surface area contributed by atoms with Gasteiger partial charge in [-0.1, -0.05) is 0 Å². The fourth-order valence-corrected chi connectivity index (χ4v) is 2.02. The molecule has 1 amide bonds. The highest BCUT2D eigenvalue weighted by atomic mass is 16.6. The maximum absolute atomic E-state index is 12.3. The van der Waals surface area contributed by atoms with E-state index in [0.29, 0.717) is 12.4 Å². The van der Waals surface area contributed by atoms with Crippen LogP contribution in [0.3, 0.4) is 0 Å². The normalized spacial score (nSPS) is 11.6. The van der Waals surface area contributed by atoms with Crippen LogP contribution in [-0.2, 0) is 4.79 Å². The molecule has 0 radical (unpaired) electrons. The molecule has 1 N–H and O–H groups in total. The predicted octanol–water partition coefficient (Wildman–Crippen LogP) is 2.30. The fourth-order valence-electron chi connectivity index (χ4n) is 2.02. The summed E-state index contributed by atoms with van der Waals surface area (Å²) in [4.78, 5) is 32.9. The number of ether oxygens (including phenoxy) is 1. The van der Waals surface area contributed by atoms with Crippen molar-refractivity contribution < 1.29 is 19.4 Å². The number of benzene rings is 1. The van der Waals surface area contributed by atoms with Crippen molar-refractivity contribution in [2.75, 3.05) is 11.9 Å². The minimum Gasteiger partial charge on any atom is -0.494 e. The lowest BCUT2D eigenvalue weighted by Crippen LogP contribution is -2.24. The van der Waals surface area contributed by atoms with E-state index >= 15 is 0 Å². The van der Waals surface area contributed by atoms with E-state index in [1.807, 2.05) is 0 Å². The van der Waals surface area contributed by atoms with Gasteiger partial charge in [0.2, 0.25) is 5.91 Å². The van der Waals surface area contributed by atoms with Gasteiger partial charge in [0.05, 0.1) is 22.5 Å². The first-order valence-electron chi connectivity index (χ1n) is 7.24. The second kappa shape index (κ2) is 7.38. The van der Waals surface area contributed by atoms with E-state index in [9.17, 15) is 25.0 Å². The molecule has 1 atom stereocenters. The SMILES string of the molecule is CCOc1ccc(NC(=O)C(C)n2cc([N+](=O)[O-])cn2)c([N+](=O)[O-])c1. The molecule has 0 spiro atoms. The molecule has 1 aromatic heterocycles. The number of nitrogens with one attached hydrogen (secondary N) is 1. The van der Waals surface area contributed by atoms with Gasteiger partial charge in [-0.05, 0) is 26.0 Å². The highest BCUT2D eigenvalue weighted by molar-refractivity contribution is 5.95. The van der Waals surface area contributed by atoms with E-state index in [0.717, 1.165) is 17.1 Å². The molecule has 0 saturated heterocycles. The lowest BCUT2D eigenvalue weighted by atomic mass is 10.2. The maximum Gasteiger partial charge on any atom is 0.307 e. The van der Waals surface area contributed by atoms with Crippen molar-refractivity contribution in [2.45, 2.75) is 19.9 Å². The predicted molar refractivity (Wildman–Crippen MR) is 86.5 cm³/mol. The third-order valence-corrected chi connectivity index (χ3v) is 3.31. The Morgan fingerprint density at radius 2 is 2.08 bits per heavy atom. The summed E-state index contributed by atoms with van der Waals surface area (Å²) in [6.45, 7) is 3.55. The first kappa shape index (κ1) is 17.8. The number of nitro benzene ring substituents is 1. The lowest BCUT2D eigenvalue weighted by molar-refractivity contribution is -0.385. The smallest absolute Gasteiger partial charge is 0.307 e. The molecule has 1 heterocycles. The number of anilines is 1. The molecule has 0 aliphatic rings. The van der Waals surface area contributed by atoms with Gasteiger partial charge in [-0.2, -0.15) is 5.10 Å². The van der Waals surface area contributed by atoms with Crippen LogP contribution in [0.5, 0.6) is 5.75 Å². The minimum atomic E-state index is -0.903. The molecule has 11 heteroatoms. The number of hydrogen-bond acceptors (Lipinski definition) is 7. The first-order chi connectivity index (χ1) is 11.8. The van der Waals surface area contributed by atoms with Crippen LogP contribution in [-0.4, -0.2) is 32.1 Å². The third-order valence-electron chi connectivity index (χ3n) is 3.31. The fraction of sp³-hybridized carbons (Fsp3) is 0.286. The van der Waals surface area contributed by atoms with Crippen molar-refractivity contribution in [3.8, 4) is 5.75 Å². The molecule has 0 bridgehead atoms. The monoisotopic (exact) mass is 349 g/mol. The van der Waals surface area contributed by atoms with Gasteiger partial charge in [0.25, 0.3) is 5.69 Å². The van der Waals surface area contributed by atoms with Crippen LogP contribution in [0, 0.1) is 20.2 Å². The van der Waals surface area contributed by atoms with E-state index in [1.165, 1.54) is 25.1 Å². The van der Waals surface area contributed by atoms with E-state index in [-0.39, 0.29) is 17.1 Å². The van der Waals surface area contributed by atoms with E-state index in [1.54, 1.807) is 6.92 Å². The Hall–Kier alpha value is -3.50. The molecule has 132 valence electrons. The highest BCUT2D eigenvalue weighted by Gasteiger charge is 2.23. The Balaban J connectivity index is 2.21. The minimum absolute atomic E-state index is 0.00745. The average molecular weight is 349 g/mol. The molecule has 0 aliphatic heterocycles. The molecular weight excluding hydrogens is 334 g/mol. The van der Waals surface area contributed by atoms with E-state index in [2.05, 4.69) is 10.4 Å². The number of hydrogen-bond donors (Lipinski definition) is 1. The van der Waals surface area contributed by atoms with Crippen molar-refractivity contribution in [3.05, 3.63) is 50.8 Å². The maximum atomic E-state index is 12.3. The Morgan fingerprint density at radius 1 is 1.36 bits per heavy atom. The van der Waals surface area contributed by atoms with Crippen molar-refractivity contribution in [2.24, 2.45) is 0 Å².